The van der Waals surface area contributed by atoms with Gasteiger partial charge in [0.25, 0.3) is 0 Å². The van der Waals surface area contributed by atoms with Crippen molar-refractivity contribution in [2.75, 3.05) is 11.9 Å². The lowest BCUT2D eigenvalue weighted by molar-refractivity contribution is -0.134. The fraction of sp³-hybridized carbons (Fsp3) is 0.667. The summed E-state index contributed by atoms with van der Waals surface area (Å²) < 4.78 is 7.22. The van der Waals surface area contributed by atoms with Crippen LogP contribution < -0.4 is 5.32 Å². The summed E-state index contributed by atoms with van der Waals surface area (Å²) in [5.41, 5.74) is 2.90. The van der Waals surface area contributed by atoms with Crippen molar-refractivity contribution in [3.8, 4) is 0 Å². The highest BCUT2D eigenvalue weighted by Crippen LogP contribution is 2.54. The zero-order valence-corrected chi connectivity index (χ0v) is 14.7. The predicted molar refractivity (Wildman–Crippen MR) is 91.8 cm³/mol. The minimum absolute atomic E-state index is 0.381. The number of benzene rings is 1. The van der Waals surface area contributed by atoms with Gasteiger partial charge in [0.1, 0.15) is 0 Å². The Kier molecular flexibility index (Phi) is 4.60. The van der Waals surface area contributed by atoms with Crippen molar-refractivity contribution in [2.45, 2.75) is 64.5 Å². The van der Waals surface area contributed by atoms with Gasteiger partial charge in [0, 0.05) is 28.2 Å². The SMILES string of the molecule is CCOC1CC(Nc2ccc(C)c(Br)c2)C12CCCCC2. The van der Waals surface area contributed by atoms with E-state index in [4.69, 9.17) is 4.74 Å². The Labute approximate surface area is 136 Å². The molecule has 0 radical (unpaired) electrons. The molecule has 2 atom stereocenters. The van der Waals surface area contributed by atoms with Gasteiger partial charge in [-0.3, -0.25) is 0 Å². The van der Waals surface area contributed by atoms with E-state index in [0.717, 1.165) is 13.0 Å². The van der Waals surface area contributed by atoms with Crippen molar-refractivity contribution in [2.24, 2.45) is 5.41 Å². The van der Waals surface area contributed by atoms with Crippen LogP contribution in [-0.4, -0.2) is 18.8 Å². The lowest BCUT2D eigenvalue weighted by Crippen LogP contribution is -2.62. The minimum Gasteiger partial charge on any atom is -0.382 e. The third-order valence-electron chi connectivity index (χ3n) is 5.45. The van der Waals surface area contributed by atoms with Gasteiger partial charge in [0.05, 0.1) is 6.10 Å². The number of hydrogen-bond donors (Lipinski definition) is 1. The topological polar surface area (TPSA) is 21.3 Å². The van der Waals surface area contributed by atoms with Crippen molar-refractivity contribution in [1.82, 2.24) is 0 Å². The summed E-state index contributed by atoms with van der Waals surface area (Å²) in [6.07, 6.45) is 8.38. The van der Waals surface area contributed by atoms with Crippen molar-refractivity contribution in [1.29, 1.82) is 0 Å². The average Bonchev–Trinajstić information content (AvgIpc) is 2.50. The quantitative estimate of drug-likeness (QED) is 0.794. The fourth-order valence-electron chi connectivity index (χ4n) is 4.15. The number of anilines is 1. The molecule has 0 aliphatic heterocycles. The zero-order chi connectivity index (χ0) is 14.9. The Hall–Kier alpha value is -0.540. The molecule has 2 saturated carbocycles. The minimum atomic E-state index is 0.381. The number of aryl methyl sites for hydroxylation is 1. The molecule has 116 valence electrons. The van der Waals surface area contributed by atoms with Crippen molar-refractivity contribution in [3.05, 3.63) is 28.2 Å². The van der Waals surface area contributed by atoms with E-state index in [0.29, 0.717) is 17.6 Å². The molecule has 1 aromatic carbocycles. The zero-order valence-electron chi connectivity index (χ0n) is 13.1. The highest BCUT2D eigenvalue weighted by Gasteiger charge is 2.55. The smallest absolute Gasteiger partial charge is 0.0670 e. The first kappa shape index (κ1) is 15.4. The fourth-order valence-corrected chi connectivity index (χ4v) is 4.53. The second kappa shape index (κ2) is 6.29. The first-order chi connectivity index (χ1) is 10.2. The van der Waals surface area contributed by atoms with E-state index in [-0.39, 0.29) is 0 Å². The van der Waals surface area contributed by atoms with Crippen LogP contribution in [0.3, 0.4) is 0 Å². The third-order valence-corrected chi connectivity index (χ3v) is 6.30. The van der Waals surface area contributed by atoms with Crippen LogP contribution in [0.25, 0.3) is 0 Å². The molecule has 0 bridgehead atoms. The molecule has 3 rings (SSSR count). The van der Waals surface area contributed by atoms with E-state index in [1.807, 2.05) is 0 Å². The molecule has 1 N–H and O–H groups in total. The van der Waals surface area contributed by atoms with Crippen LogP contribution in [0.1, 0.15) is 51.0 Å². The standard InChI is InChI=1S/C18H26BrNO/c1-3-21-17-12-16(18(17)9-5-4-6-10-18)20-14-8-7-13(2)15(19)11-14/h7-8,11,16-17,20H,3-6,9-10,12H2,1-2H3. The normalized spacial score (nSPS) is 27.4. The maximum Gasteiger partial charge on any atom is 0.0670 e. The average molecular weight is 352 g/mol. The molecule has 2 unspecified atom stereocenters. The summed E-state index contributed by atoms with van der Waals surface area (Å²) in [5, 5.41) is 3.79. The van der Waals surface area contributed by atoms with Gasteiger partial charge in [-0.25, -0.2) is 0 Å². The van der Waals surface area contributed by atoms with Gasteiger partial charge in [-0.05, 0) is 50.8 Å². The molecule has 1 aromatic rings. The second-order valence-electron chi connectivity index (χ2n) is 6.63. The number of hydrogen-bond acceptors (Lipinski definition) is 2. The Bertz CT molecular complexity index is 496. The van der Waals surface area contributed by atoms with Gasteiger partial charge in [-0.1, -0.05) is 41.3 Å². The summed E-state index contributed by atoms with van der Waals surface area (Å²) in [4.78, 5) is 0. The van der Waals surface area contributed by atoms with Crippen LogP contribution in [-0.2, 0) is 4.74 Å². The molecule has 2 nitrogen and oxygen atoms in total. The van der Waals surface area contributed by atoms with Gasteiger partial charge in [0.2, 0.25) is 0 Å². The highest BCUT2D eigenvalue weighted by atomic mass is 79.9. The van der Waals surface area contributed by atoms with E-state index in [9.17, 15) is 0 Å². The van der Waals surface area contributed by atoms with E-state index >= 15 is 0 Å². The molecular formula is C18H26BrNO. The molecule has 2 fully saturated rings. The van der Waals surface area contributed by atoms with Crippen LogP contribution in [0.5, 0.6) is 0 Å². The van der Waals surface area contributed by atoms with Crippen LogP contribution in [0.4, 0.5) is 5.69 Å². The van der Waals surface area contributed by atoms with Gasteiger partial charge in [-0.15, -0.1) is 0 Å². The van der Waals surface area contributed by atoms with E-state index in [1.54, 1.807) is 0 Å². The van der Waals surface area contributed by atoms with Crippen LogP contribution >= 0.6 is 15.9 Å². The van der Waals surface area contributed by atoms with Gasteiger partial charge in [0.15, 0.2) is 0 Å². The first-order valence-corrected chi connectivity index (χ1v) is 9.09. The molecule has 1 spiro atoms. The summed E-state index contributed by atoms with van der Waals surface area (Å²) in [6.45, 7) is 5.09. The number of ether oxygens (including phenoxy) is 1. The Morgan fingerprint density at radius 3 is 2.71 bits per heavy atom. The van der Waals surface area contributed by atoms with E-state index < -0.39 is 0 Å². The van der Waals surface area contributed by atoms with Crippen molar-refractivity contribution >= 4 is 21.6 Å². The van der Waals surface area contributed by atoms with Gasteiger partial charge in [-0.2, -0.15) is 0 Å². The Morgan fingerprint density at radius 2 is 2.05 bits per heavy atom. The molecule has 0 amide bonds. The van der Waals surface area contributed by atoms with E-state index in [1.165, 1.54) is 47.8 Å². The lowest BCUT2D eigenvalue weighted by atomic mass is 9.55. The predicted octanol–water partition coefficient (Wildman–Crippen LogP) is 5.30. The van der Waals surface area contributed by atoms with E-state index in [2.05, 4.69) is 53.3 Å². The third kappa shape index (κ3) is 2.87. The van der Waals surface area contributed by atoms with Gasteiger partial charge >= 0.3 is 0 Å². The molecule has 21 heavy (non-hydrogen) atoms. The molecule has 2 aliphatic carbocycles. The molecule has 3 heteroatoms. The summed E-state index contributed by atoms with van der Waals surface area (Å²) in [5.74, 6) is 0. The molecule has 0 aromatic heterocycles. The van der Waals surface area contributed by atoms with Crippen molar-refractivity contribution in [3.63, 3.8) is 0 Å². The second-order valence-corrected chi connectivity index (χ2v) is 7.49. The Morgan fingerprint density at radius 1 is 1.29 bits per heavy atom. The van der Waals surface area contributed by atoms with Crippen LogP contribution in [0.2, 0.25) is 0 Å². The molecule has 0 heterocycles. The molecule has 0 saturated heterocycles. The number of rotatable bonds is 4. The molecular weight excluding hydrogens is 326 g/mol. The number of nitrogens with one attached hydrogen (secondary N) is 1. The van der Waals surface area contributed by atoms with Crippen LogP contribution in [0, 0.1) is 12.3 Å². The summed E-state index contributed by atoms with van der Waals surface area (Å²) in [6, 6.07) is 7.16. The van der Waals surface area contributed by atoms with Crippen molar-refractivity contribution < 1.29 is 4.74 Å². The summed E-state index contributed by atoms with van der Waals surface area (Å²) >= 11 is 3.64. The maximum atomic E-state index is 6.03. The lowest BCUT2D eigenvalue weighted by Gasteiger charge is -2.58. The highest BCUT2D eigenvalue weighted by molar-refractivity contribution is 9.10. The largest absolute Gasteiger partial charge is 0.382 e. The van der Waals surface area contributed by atoms with Crippen LogP contribution in [0.15, 0.2) is 22.7 Å². The molecule has 2 aliphatic rings. The van der Waals surface area contributed by atoms with Gasteiger partial charge < -0.3 is 10.1 Å². The maximum absolute atomic E-state index is 6.03. The summed E-state index contributed by atoms with van der Waals surface area (Å²) in [7, 11) is 0. The Balaban J connectivity index is 1.73. The monoisotopic (exact) mass is 351 g/mol. The number of halogens is 1. The first-order valence-electron chi connectivity index (χ1n) is 8.30.